The van der Waals surface area contributed by atoms with Crippen molar-refractivity contribution in [3.05, 3.63) is 0 Å². The van der Waals surface area contributed by atoms with Gasteiger partial charge in [0.1, 0.15) is 18.9 Å². The number of hydrogen-bond acceptors (Lipinski definition) is 3. The fourth-order valence-corrected chi connectivity index (χ4v) is 2.40. The lowest BCUT2D eigenvalue weighted by Crippen LogP contribution is -2.47. The van der Waals surface area contributed by atoms with Crippen molar-refractivity contribution in [3.63, 3.8) is 0 Å². The highest BCUT2D eigenvalue weighted by Gasteiger charge is 2.58. The fraction of sp³-hybridized carbons (Fsp3) is 1.00. The topological polar surface area (TPSA) is 27.7 Å². The molecule has 1 unspecified atom stereocenters. The third kappa shape index (κ3) is 4.52. The molecule has 0 amide bonds. The van der Waals surface area contributed by atoms with E-state index in [1.54, 1.807) is 0 Å². The van der Waals surface area contributed by atoms with Crippen LogP contribution in [0.1, 0.15) is 39.5 Å². The van der Waals surface area contributed by atoms with Crippen LogP contribution in [0, 0.1) is 0 Å². The highest BCUT2D eigenvalue weighted by molar-refractivity contribution is 6.20. The van der Waals surface area contributed by atoms with Crippen molar-refractivity contribution in [1.82, 2.24) is 0 Å². The average Bonchev–Trinajstić information content (AvgIpc) is 2.69. The van der Waals surface area contributed by atoms with Crippen LogP contribution in [0.3, 0.4) is 0 Å². The Bertz CT molecular complexity index is 271. The smallest absolute Gasteiger partial charge is 0.207 e. The molecule has 120 valence electrons. The zero-order chi connectivity index (χ0) is 15.0. The molecule has 0 spiro atoms. The Kier molecular flexibility index (Phi) is 8.25. The van der Waals surface area contributed by atoms with Gasteiger partial charge in [0.2, 0.25) is 5.67 Å². The summed E-state index contributed by atoms with van der Waals surface area (Å²) < 4.78 is 43.8. The Balaban J connectivity index is 2.56. The van der Waals surface area contributed by atoms with Crippen molar-refractivity contribution >= 4 is 11.6 Å². The van der Waals surface area contributed by atoms with Crippen LogP contribution in [0.5, 0.6) is 0 Å². The second kappa shape index (κ2) is 9.13. The first-order valence-corrected chi connectivity index (χ1v) is 7.77. The van der Waals surface area contributed by atoms with Crippen LogP contribution in [0.15, 0.2) is 0 Å². The molecule has 6 heteroatoms. The predicted octanol–water partition coefficient (Wildman–Crippen LogP) is 3.63. The molecule has 0 aromatic heterocycles. The Morgan fingerprint density at radius 3 is 2.45 bits per heavy atom. The Hall–Kier alpha value is 0.0300. The summed E-state index contributed by atoms with van der Waals surface area (Å²) in [6.45, 7) is 3.94. The lowest BCUT2D eigenvalue weighted by Gasteiger charge is -2.26. The molecule has 1 saturated heterocycles. The van der Waals surface area contributed by atoms with Gasteiger partial charge in [-0.1, -0.05) is 38.3 Å². The number of ether oxygens (including phenoxy) is 3. The average molecular weight is 315 g/mol. The van der Waals surface area contributed by atoms with Gasteiger partial charge < -0.3 is 14.2 Å². The van der Waals surface area contributed by atoms with Gasteiger partial charge in [-0.3, -0.25) is 0 Å². The molecular weight excluding hydrogens is 290 g/mol. The largest absolute Gasteiger partial charge is 0.379 e. The third-order valence-corrected chi connectivity index (χ3v) is 3.87. The molecule has 20 heavy (non-hydrogen) atoms. The molecule has 0 aromatic rings. The second-order valence-corrected chi connectivity index (χ2v) is 5.52. The van der Waals surface area contributed by atoms with Crippen molar-refractivity contribution in [2.75, 3.05) is 26.5 Å². The van der Waals surface area contributed by atoms with Crippen molar-refractivity contribution in [2.45, 2.75) is 63.0 Å². The highest BCUT2D eigenvalue weighted by Crippen LogP contribution is 2.39. The van der Waals surface area contributed by atoms with E-state index in [0.29, 0.717) is 13.2 Å². The molecule has 1 aliphatic heterocycles. The number of hydrogen-bond donors (Lipinski definition) is 0. The van der Waals surface area contributed by atoms with Crippen molar-refractivity contribution in [1.29, 1.82) is 0 Å². The van der Waals surface area contributed by atoms with Gasteiger partial charge in [-0.25, -0.2) is 8.78 Å². The van der Waals surface area contributed by atoms with Gasteiger partial charge in [0, 0.05) is 13.2 Å². The normalized spacial score (nSPS) is 33.8. The standard InChI is InChI=1S/C14H25ClF2O3/c1-3-5-7-18-9-11-12(19-8-6-4-2)14(17,10-16)13(15)20-11/h11-13H,3-10H2,1-2H3/t11-,12?,13-,14-/m1/s1. The van der Waals surface area contributed by atoms with Gasteiger partial charge in [0.05, 0.1) is 6.61 Å². The molecule has 0 aliphatic carbocycles. The van der Waals surface area contributed by atoms with Crippen LogP contribution in [-0.2, 0) is 14.2 Å². The van der Waals surface area contributed by atoms with Crippen LogP contribution < -0.4 is 0 Å². The first-order valence-electron chi connectivity index (χ1n) is 7.33. The number of alkyl halides is 3. The van der Waals surface area contributed by atoms with E-state index in [1.165, 1.54) is 0 Å². The minimum atomic E-state index is -2.30. The van der Waals surface area contributed by atoms with Crippen LogP contribution >= 0.6 is 11.6 Å². The third-order valence-electron chi connectivity index (χ3n) is 3.41. The molecule has 1 aliphatic rings. The SMILES string of the molecule is CCCCOC[C@H]1O[C@@H](Cl)[C@@](F)(CF)C1OCCCC. The quantitative estimate of drug-likeness (QED) is 0.455. The van der Waals surface area contributed by atoms with Crippen LogP contribution in [0.2, 0.25) is 0 Å². The zero-order valence-electron chi connectivity index (χ0n) is 12.2. The van der Waals surface area contributed by atoms with Crippen LogP contribution in [-0.4, -0.2) is 49.9 Å². The summed E-state index contributed by atoms with van der Waals surface area (Å²) in [4.78, 5) is 0. The van der Waals surface area contributed by atoms with Gasteiger partial charge in [-0.05, 0) is 12.8 Å². The van der Waals surface area contributed by atoms with Crippen molar-refractivity contribution < 1.29 is 23.0 Å². The number of rotatable bonds is 10. The molecule has 0 aromatic carbocycles. The predicted molar refractivity (Wildman–Crippen MR) is 74.7 cm³/mol. The molecule has 1 fully saturated rings. The number of unbranched alkanes of at least 4 members (excludes halogenated alkanes) is 2. The first kappa shape index (κ1) is 18.1. The molecule has 1 heterocycles. The van der Waals surface area contributed by atoms with Gasteiger partial charge in [0.25, 0.3) is 0 Å². The molecule has 0 radical (unpaired) electrons. The molecule has 0 bridgehead atoms. The summed E-state index contributed by atoms with van der Waals surface area (Å²) >= 11 is 5.79. The maximum atomic E-state index is 14.5. The van der Waals surface area contributed by atoms with E-state index in [-0.39, 0.29) is 6.61 Å². The Labute approximate surface area is 124 Å². The summed E-state index contributed by atoms with van der Waals surface area (Å²) in [5.41, 5.74) is -3.63. The molecule has 1 rings (SSSR count). The Morgan fingerprint density at radius 1 is 1.20 bits per heavy atom. The first-order chi connectivity index (χ1) is 9.60. The monoisotopic (exact) mass is 314 g/mol. The minimum Gasteiger partial charge on any atom is -0.379 e. The van der Waals surface area contributed by atoms with Gasteiger partial charge in [-0.15, -0.1) is 0 Å². The van der Waals surface area contributed by atoms with E-state index in [4.69, 9.17) is 25.8 Å². The van der Waals surface area contributed by atoms with E-state index in [0.717, 1.165) is 25.7 Å². The van der Waals surface area contributed by atoms with Crippen LogP contribution in [0.25, 0.3) is 0 Å². The summed E-state index contributed by atoms with van der Waals surface area (Å²) in [7, 11) is 0. The van der Waals surface area contributed by atoms with Gasteiger partial charge >= 0.3 is 0 Å². The maximum Gasteiger partial charge on any atom is 0.207 e. The lowest BCUT2D eigenvalue weighted by atomic mass is 10.00. The second-order valence-electron chi connectivity index (χ2n) is 5.12. The summed E-state index contributed by atoms with van der Waals surface area (Å²) in [6.07, 6.45) is 1.97. The maximum absolute atomic E-state index is 14.5. The van der Waals surface area contributed by atoms with Crippen molar-refractivity contribution in [2.24, 2.45) is 0 Å². The summed E-state index contributed by atoms with van der Waals surface area (Å²) in [6, 6.07) is 0. The molecular formula is C14H25ClF2O3. The van der Waals surface area contributed by atoms with Gasteiger partial charge in [-0.2, -0.15) is 0 Å². The van der Waals surface area contributed by atoms with E-state index in [2.05, 4.69) is 6.92 Å². The summed E-state index contributed by atoms with van der Waals surface area (Å²) in [5, 5.41) is 0. The van der Waals surface area contributed by atoms with Crippen LogP contribution in [0.4, 0.5) is 8.78 Å². The lowest BCUT2D eigenvalue weighted by molar-refractivity contribution is -0.0791. The zero-order valence-corrected chi connectivity index (χ0v) is 13.0. The molecule has 0 saturated carbocycles. The van der Waals surface area contributed by atoms with Gasteiger partial charge in [0.15, 0.2) is 5.56 Å². The molecule has 3 nitrogen and oxygen atoms in total. The van der Waals surface area contributed by atoms with E-state index < -0.39 is 30.1 Å². The number of halogens is 3. The summed E-state index contributed by atoms with van der Waals surface area (Å²) in [5.74, 6) is 0. The van der Waals surface area contributed by atoms with E-state index in [1.807, 2.05) is 6.92 Å². The Morgan fingerprint density at radius 2 is 1.85 bits per heavy atom. The molecule has 4 atom stereocenters. The van der Waals surface area contributed by atoms with E-state index in [9.17, 15) is 8.78 Å². The fourth-order valence-electron chi connectivity index (χ4n) is 2.09. The highest BCUT2D eigenvalue weighted by atomic mass is 35.5. The minimum absolute atomic E-state index is 0.172. The molecule has 0 N–H and O–H groups in total. The van der Waals surface area contributed by atoms with E-state index >= 15 is 0 Å². The van der Waals surface area contributed by atoms with Crippen molar-refractivity contribution in [3.8, 4) is 0 Å².